The van der Waals surface area contributed by atoms with Gasteiger partial charge < -0.3 is 4.74 Å². The SMILES string of the molecule is CCCOc1cc(-n2nc(C)cc2C)ccc1[N+](=O)[O-]. The highest BCUT2D eigenvalue weighted by molar-refractivity contribution is 5.53. The third kappa shape index (κ3) is 2.79. The number of hydrogen-bond donors (Lipinski definition) is 0. The largest absolute Gasteiger partial charge is 0.487 e. The van der Waals surface area contributed by atoms with Crippen LogP contribution in [0.2, 0.25) is 0 Å². The van der Waals surface area contributed by atoms with Gasteiger partial charge >= 0.3 is 5.69 Å². The molecule has 0 amide bonds. The molecule has 6 heteroatoms. The van der Waals surface area contributed by atoms with Crippen LogP contribution < -0.4 is 4.74 Å². The summed E-state index contributed by atoms with van der Waals surface area (Å²) in [5.74, 6) is 0.280. The average molecular weight is 275 g/mol. The highest BCUT2D eigenvalue weighted by Crippen LogP contribution is 2.29. The summed E-state index contributed by atoms with van der Waals surface area (Å²) in [5.41, 5.74) is 2.60. The van der Waals surface area contributed by atoms with E-state index in [1.165, 1.54) is 6.07 Å². The summed E-state index contributed by atoms with van der Waals surface area (Å²) in [6, 6.07) is 6.74. The number of nitrogens with zero attached hydrogens (tertiary/aromatic N) is 3. The van der Waals surface area contributed by atoms with Crippen molar-refractivity contribution in [3.63, 3.8) is 0 Å². The molecule has 0 N–H and O–H groups in total. The van der Waals surface area contributed by atoms with E-state index in [1.54, 1.807) is 16.8 Å². The van der Waals surface area contributed by atoms with E-state index in [1.807, 2.05) is 26.8 Å². The molecule has 0 saturated heterocycles. The minimum absolute atomic E-state index is 0.0243. The maximum absolute atomic E-state index is 11.0. The van der Waals surface area contributed by atoms with Gasteiger partial charge in [-0.1, -0.05) is 6.92 Å². The minimum atomic E-state index is -0.435. The number of benzene rings is 1. The van der Waals surface area contributed by atoms with Crippen molar-refractivity contribution >= 4 is 5.69 Å². The number of aromatic nitrogens is 2. The normalized spacial score (nSPS) is 10.6. The van der Waals surface area contributed by atoms with E-state index in [9.17, 15) is 10.1 Å². The second-order valence-electron chi connectivity index (χ2n) is 4.60. The molecule has 0 fully saturated rings. The molecule has 0 bridgehead atoms. The van der Waals surface area contributed by atoms with Crippen LogP contribution in [0, 0.1) is 24.0 Å². The van der Waals surface area contributed by atoms with Crippen molar-refractivity contribution in [1.82, 2.24) is 9.78 Å². The number of nitro groups is 1. The lowest BCUT2D eigenvalue weighted by atomic mass is 10.2. The van der Waals surface area contributed by atoms with Gasteiger partial charge in [0, 0.05) is 17.8 Å². The monoisotopic (exact) mass is 275 g/mol. The molecule has 20 heavy (non-hydrogen) atoms. The van der Waals surface area contributed by atoms with E-state index in [-0.39, 0.29) is 11.4 Å². The first kappa shape index (κ1) is 14.0. The molecule has 0 aliphatic heterocycles. The van der Waals surface area contributed by atoms with Crippen LogP contribution in [0.3, 0.4) is 0 Å². The fraction of sp³-hybridized carbons (Fsp3) is 0.357. The summed E-state index contributed by atoms with van der Waals surface area (Å²) >= 11 is 0. The molecule has 1 aromatic carbocycles. The minimum Gasteiger partial charge on any atom is -0.487 e. The van der Waals surface area contributed by atoms with Crippen molar-refractivity contribution in [1.29, 1.82) is 0 Å². The van der Waals surface area contributed by atoms with Crippen LogP contribution in [0.5, 0.6) is 5.75 Å². The summed E-state index contributed by atoms with van der Waals surface area (Å²) < 4.78 is 7.22. The predicted molar refractivity (Wildman–Crippen MR) is 75.5 cm³/mol. The van der Waals surface area contributed by atoms with Crippen LogP contribution in [0.4, 0.5) is 5.69 Å². The smallest absolute Gasteiger partial charge is 0.311 e. The molecule has 1 heterocycles. The van der Waals surface area contributed by atoms with Crippen LogP contribution in [-0.2, 0) is 0 Å². The fourth-order valence-electron chi connectivity index (χ4n) is 2.00. The molecule has 0 radical (unpaired) electrons. The van der Waals surface area contributed by atoms with Gasteiger partial charge in [-0.15, -0.1) is 0 Å². The standard InChI is InChI=1S/C14H17N3O3/c1-4-7-20-14-9-12(5-6-13(14)17(18)19)16-11(3)8-10(2)15-16/h5-6,8-9H,4,7H2,1-3H3. The second-order valence-corrected chi connectivity index (χ2v) is 4.60. The number of ether oxygens (including phenoxy) is 1. The van der Waals surface area contributed by atoms with Gasteiger partial charge in [0.2, 0.25) is 0 Å². The molecule has 0 unspecified atom stereocenters. The van der Waals surface area contributed by atoms with Gasteiger partial charge in [0.25, 0.3) is 0 Å². The molecule has 1 aromatic heterocycles. The summed E-state index contributed by atoms with van der Waals surface area (Å²) in [6.07, 6.45) is 0.793. The lowest BCUT2D eigenvalue weighted by Gasteiger charge is -2.09. The van der Waals surface area contributed by atoms with Gasteiger partial charge in [-0.05, 0) is 32.4 Å². The van der Waals surface area contributed by atoms with E-state index < -0.39 is 4.92 Å². The molecular formula is C14H17N3O3. The van der Waals surface area contributed by atoms with Crippen molar-refractivity contribution in [2.75, 3.05) is 6.61 Å². The van der Waals surface area contributed by atoms with Gasteiger partial charge in [-0.25, -0.2) is 4.68 Å². The van der Waals surface area contributed by atoms with Crippen LogP contribution in [-0.4, -0.2) is 21.3 Å². The fourth-order valence-corrected chi connectivity index (χ4v) is 2.00. The lowest BCUT2D eigenvalue weighted by molar-refractivity contribution is -0.385. The van der Waals surface area contributed by atoms with Crippen LogP contribution in [0.15, 0.2) is 24.3 Å². The molecule has 0 aliphatic carbocycles. The number of hydrogen-bond acceptors (Lipinski definition) is 4. The van der Waals surface area contributed by atoms with Gasteiger partial charge in [-0.3, -0.25) is 10.1 Å². The first-order valence-corrected chi connectivity index (χ1v) is 6.47. The summed E-state index contributed by atoms with van der Waals surface area (Å²) in [6.45, 7) is 6.25. The molecule has 0 aliphatic rings. The quantitative estimate of drug-likeness (QED) is 0.620. The molecule has 0 saturated carbocycles. The Morgan fingerprint density at radius 2 is 2.10 bits per heavy atom. The van der Waals surface area contributed by atoms with Crippen molar-refractivity contribution in [2.45, 2.75) is 27.2 Å². The first-order valence-electron chi connectivity index (χ1n) is 6.47. The Balaban J connectivity index is 2.46. The zero-order valence-corrected chi connectivity index (χ0v) is 11.8. The second kappa shape index (κ2) is 5.73. The zero-order chi connectivity index (χ0) is 14.7. The Morgan fingerprint density at radius 3 is 2.65 bits per heavy atom. The van der Waals surface area contributed by atoms with Crippen molar-refractivity contribution in [3.8, 4) is 11.4 Å². The molecule has 6 nitrogen and oxygen atoms in total. The molecule has 2 rings (SSSR count). The average Bonchev–Trinajstić information content (AvgIpc) is 2.74. The van der Waals surface area contributed by atoms with Crippen molar-refractivity contribution < 1.29 is 9.66 Å². The van der Waals surface area contributed by atoms with Gasteiger partial charge in [0.05, 0.1) is 22.9 Å². The molecule has 0 atom stereocenters. The third-order valence-electron chi connectivity index (χ3n) is 2.86. The zero-order valence-electron chi connectivity index (χ0n) is 11.8. The van der Waals surface area contributed by atoms with E-state index in [2.05, 4.69) is 5.10 Å². The highest BCUT2D eigenvalue weighted by Gasteiger charge is 2.17. The number of aryl methyl sites for hydroxylation is 2. The van der Waals surface area contributed by atoms with E-state index in [0.717, 1.165) is 23.5 Å². The van der Waals surface area contributed by atoms with E-state index in [0.29, 0.717) is 6.61 Å². The number of nitro benzene ring substituents is 1. The summed E-state index contributed by atoms with van der Waals surface area (Å²) in [7, 11) is 0. The van der Waals surface area contributed by atoms with Crippen molar-refractivity contribution in [2.24, 2.45) is 0 Å². The molecule has 106 valence electrons. The molecular weight excluding hydrogens is 258 g/mol. The molecule has 0 spiro atoms. The highest BCUT2D eigenvalue weighted by atomic mass is 16.6. The van der Waals surface area contributed by atoms with Crippen LogP contribution in [0.1, 0.15) is 24.7 Å². The molecule has 2 aromatic rings. The van der Waals surface area contributed by atoms with Gasteiger partial charge in [0.15, 0.2) is 5.75 Å². The van der Waals surface area contributed by atoms with Crippen molar-refractivity contribution in [3.05, 3.63) is 45.8 Å². The van der Waals surface area contributed by atoms with Crippen LogP contribution in [0.25, 0.3) is 5.69 Å². The van der Waals surface area contributed by atoms with E-state index in [4.69, 9.17) is 4.74 Å². The summed E-state index contributed by atoms with van der Waals surface area (Å²) in [4.78, 5) is 10.6. The topological polar surface area (TPSA) is 70.2 Å². The van der Waals surface area contributed by atoms with Gasteiger partial charge in [-0.2, -0.15) is 5.10 Å². The Morgan fingerprint density at radius 1 is 1.35 bits per heavy atom. The maximum Gasteiger partial charge on any atom is 0.311 e. The Kier molecular flexibility index (Phi) is 4.02. The number of rotatable bonds is 5. The first-order chi connectivity index (χ1) is 9.52. The van der Waals surface area contributed by atoms with Crippen LogP contribution >= 0.6 is 0 Å². The van der Waals surface area contributed by atoms with Gasteiger partial charge in [0.1, 0.15) is 0 Å². The predicted octanol–water partition coefficient (Wildman–Crippen LogP) is 3.19. The Bertz CT molecular complexity index is 635. The Hall–Kier alpha value is -2.37. The maximum atomic E-state index is 11.0. The lowest BCUT2D eigenvalue weighted by Crippen LogP contribution is -2.03. The van der Waals surface area contributed by atoms with E-state index >= 15 is 0 Å². The Labute approximate surface area is 117 Å². The third-order valence-corrected chi connectivity index (χ3v) is 2.86. The summed E-state index contributed by atoms with van der Waals surface area (Å²) in [5, 5.41) is 15.4.